The van der Waals surface area contributed by atoms with Crippen molar-refractivity contribution in [2.75, 3.05) is 52.9 Å². The quantitative estimate of drug-likeness (QED) is 0.380. The van der Waals surface area contributed by atoms with Crippen molar-refractivity contribution in [3.8, 4) is 11.5 Å². The average molecular weight is 432 g/mol. The van der Waals surface area contributed by atoms with Gasteiger partial charge in [0.15, 0.2) is 11.5 Å². The highest BCUT2D eigenvalue weighted by molar-refractivity contribution is 6.22. The molecule has 0 spiro atoms. The largest absolute Gasteiger partial charge is 0.487 e. The topological polar surface area (TPSA) is 89.5 Å². The zero-order valence-corrected chi connectivity index (χ0v) is 18.2. The molecule has 0 N–H and O–H groups in total. The van der Waals surface area contributed by atoms with E-state index in [0.29, 0.717) is 75.5 Å². The number of fused-ring (bicyclic) bond motifs is 1. The van der Waals surface area contributed by atoms with Gasteiger partial charge in [-0.3, -0.25) is 0 Å². The van der Waals surface area contributed by atoms with Crippen LogP contribution in [0.15, 0.2) is 34.9 Å². The Morgan fingerprint density at radius 2 is 1.19 bits per heavy atom. The minimum Gasteiger partial charge on any atom is -0.487 e. The van der Waals surface area contributed by atoms with Gasteiger partial charge in [-0.15, -0.1) is 0 Å². The summed E-state index contributed by atoms with van der Waals surface area (Å²) in [5.74, 6) is -0.179. The summed E-state index contributed by atoms with van der Waals surface area (Å²) >= 11 is 0. The van der Waals surface area contributed by atoms with Gasteiger partial charge in [-0.05, 0) is 44.0 Å². The Labute approximate surface area is 181 Å². The lowest BCUT2D eigenvalue weighted by Crippen LogP contribution is -2.13. The van der Waals surface area contributed by atoms with E-state index in [2.05, 4.69) is 0 Å². The molecular formula is C23H28O8. The van der Waals surface area contributed by atoms with Crippen LogP contribution in [-0.2, 0) is 28.5 Å². The standard InChI is InChI=1S/C23H28O8/c1-15(2)20-21(23(25)31-22(20)24)16(3)17-4-5-18-19(14-17)30-13-11-28-9-7-26-6-8-27-10-12-29-18/h4-5,14H,6-13H2,1-3H3/b21-16-. The molecule has 0 aliphatic carbocycles. The van der Waals surface area contributed by atoms with Crippen molar-refractivity contribution in [2.24, 2.45) is 0 Å². The first-order chi connectivity index (χ1) is 15.0. The minimum absolute atomic E-state index is 0.278. The molecule has 0 radical (unpaired) electrons. The van der Waals surface area contributed by atoms with E-state index >= 15 is 0 Å². The van der Waals surface area contributed by atoms with E-state index in [0.717, 1.165) is 11.1 Å². The second-order valence-electron chi connectivity index (χ2n) is 7.25. The highest BCUT2D eigenvalue weighted by Crippen LogP contribution is 2.36. The molecule has 2 aliphatic heterocycles. The van der Waals surface area contributed by atoms with E-state index in [1.807, 2.05) is 6.07 Å². The lowest BCUT2D eigenvalue weighted by molar-refractivity contribution is -0.149. The van der Waals surface area contributed by atoms with Gasteiger partial charge in [0.2, 0.25) is 0 Å². The van der Waals surface area contributed by atoms with Gasteiger partial charge in [-0.25, -0.2) is 9.59 Å². The Kier molecular flexibility index (Phi) is 8.22. The molecule has 1 saturated heterocycles. The predicted molar refractivity (Wildman–Crippen MR) is 112 cm³/mol. The number of esters is 2. The molecule has 0 saturated carbocycles. The van der Waals surface area contributed by atoms with Gasteiger partial charge in [0, 0.05) is 0 Å². The first kappa shape index (κ1) is 23.0. The molecule has 2 heterocycles. The third kappa shape index (κ3) is 5.94. The number of carbonyl (C=O) groups excluding carboxylic acids is 2. The molecule has 0 bridgehead atoms. The normalized spacial score (nSPS) is 20.5. The molecule has 1 aromatic carbocycles. The number of ether oxygens (including phenoxy) is 6. The first-order valence-corrected chi connectivity index (χ1v) is 10.3. The van der Waals surface area contributed by atoms with Crippen molar-refractivity contribution in [1.29, 1.82) is 0 Å². The zero-order valence-electron chi connectivity index (χ0n) is 18.2. The molecular weight excluding hydrogens is 404 g/mol. The fourth-order valence-electron chi connectivity index (χ4n) is 3.27. The fraction of sp³-hybridized carbons (Fsp3) is 0.478. The van der Waals surface area contributed by atoms with Crippen molar-refractivity contribution >= 4 is 17.5 Å². The number of carbonyl (C=O) groups is 2. The SMILES string of the molecule is CC(C)=C1C(=O)OC(=O)/C1=C(/C)c1ccc2c(c1)OCCOCCOCCOCCO2. The summed E-state index contributed by atoms with van der Waals surface area (Å²) in [4.78, 5) is 24.4. The molecule has 0 atom stereocenters. The maximum atomic E-state index is 12.3. The molecule has 31 heavy (non-hydrogen) atoms. The second kappa shape index (κ2) is 11.1. The summed E-state index contributed by atoms with van der Waals surface area (Å²) in [6.07, 6.45) is 0. The molecule has 1 aromatic rings. The van der Waals surface area contributed by atoms with Crippen LogP contribution in [0.25, 0.3) is 5.57 Å². The number of benzene rings is 1. The highest BCUT2D eigenvalue weighted by atomic mass is 16.6. The number of hydrogen-bond acceptors (Lipinski definition) is 8. The van der Waals surface area contributed by atoms with Crippen molar-refractivity contribution in [2.45, 2.75) is 20.8 Å². The number of rotatable bonds is 1. The smallest absolute Gasteiger partial charge is 0.347 e. The van der Waals surface area contributed by atoms with Crippen LogP contribution in [0.2, 0.25) is 0 Å². The molecule has 0 amide bonds. The molecule has 0 unspecified atom stereocenters. The Balaban J connectivity index is 1.88. The Morgan fingerprint density at radius 1 is 0.677 bits per heavy atom. The van der Waals surface area contributed by atoms with E-state index in [9.17, 15) is 9.59 Å². The lowest BCUT2D eigenvalue weighted by atomic mass is 9.94. The minimum atomic E-state index is -0.639. The van der Waals surface area contributed by atoms with E-state index in [4.69, 9.17) is 28.4 Å². The summed E-state index contributed by atoms with van der Waals surface area (Å²) < 4.78 is 32.9. The Morgan fingerprint density at radius 3 is 1.77 bits per heavy atom. The molecule has 8 heteroatoms. The van der Waals surface area contributed by atoms with Crippen LogP contribution >= 0.6 is 0 Å². The van der Waals surface area contributed by atoms with Gasteiger partial charge in [-0.1, -0.05) is 11.6 Å². The number of allylic oxidation sites excluding steroid dienone is 2. The van der Waals surface area contributed by atoms with Crippen LogP contribution in [0.3, 0.4) is 0 Å². The molecule has 3 rings (SSSR count). The zero-order chi connectivity index (χ0) is 22.2. The molecule has 0 aromatic heterocycles. The van der Waals surface area contributed by atoms with Crippen molar-refractivity contribution in [3.63, 3.8) is 0 Å². The molecule has 8 nitrogen and oxygen atoms in total. The van der Waals surface area contributed by atoms with E-state index < -0.39 is 11.9 Å². The maximum Gasteiger partial charge on any atom is 0.347 e. The monoisotopic (exact) mass is 432 g/mol. The van der Waals surface area contributed by atoms with Gasteiger partial charge in [0.25, 0.3) is 0 Å². The number of cyclic esters (lactones) is 2. The summed E-state index contributed by atoms with van der Waals surface area (Å²) in [6, 6.07) is 5.39. The van der Waals surface area contributed by atoms with Crippen molar-refractivity contribution in [1.82, 2.24) is 0 Å². The average Bonchev–Trinajstić information content (AvgIpc) is 3.04. The fourth-order valence-corrected chi connectivity index (χ4v) is 3.27. The van der Waals surface area contributed by atoms with Crippen molar-refractivity contribution in [3.05, 3.63) is 40.5 Å². The van der Waals surface area contributed by atoms with Crippen LogP contribution in [0, 0.1) is 0 Å². The third-order valence-electron chi connectivity index (χ3n) is 4.81. The summed E-state index contributed by atoms with van der Waals surface area (Å²) in [5, 5.41) is 0. The van der Waals surface area contributed by atoms with E-state index in [-0.39, 0.29) is 5.57 Å². The first-order valence-electron chi connectivity index (χ1n) is 10.3. The third-order valence-corrected chi connectivity index (χ3v) is 4.81. The highest BCUT2D eigenvalue weighted by Gasteiger charge is 2.36. The molecule has 2 aliphatic rings. The predicted octanol–water partition coefficient (Wildman–Crippen LogP) is 2.70. The Hall–Kier alpha value is -2.68. The Bertz CT molecular complexity index is 880. The van der Waals surface area contributed by atoms with Crippen LogP contribution in [0.4, 0.5) is 0 Å². The van der Waals surface area contributed by atoms with E-state index in [1.165, 1.54) is 0 Å². The van der Waals surface area contributed by atoms with Gasteiger partial charge in [0.05, 0.1) is 50.8 Å². The van der Waals surface area contributed by atoms with Crippen LogP contribution in [0.1, 0.15) is 26.3 Å². The van der Waals surface area contributed by atoms with Gasteiger partial charge in [0.1, 0.15) is 13.2 Å². The maximum absolute atomic E-state index is 12.3. The molecule has 1 fully saturated rings. The summed E-state index contributed by atoms with van der Waals surface area (Å²) in [6.45, 7) is 8.79. The van der Waals surface area contributed by atoms with Crippen LogP contribution < -0.4 is 9.47 Å². The van der Waals surface area contributed by atoms with Gasteiger partial charge < -0.3 is 28.4 Å². The van der Waals surface area contributed by atoms with Crippen molar-refractivity contribution < 1.29 is 38.0 Å². The molecule has 168 valence electrons. The summed E-state index contributed by atoms with van der Waals surface area (Å²) in [7, 11) is 0. The summed E-state index contributed by atoms with van der Waals surface area (Å²) in [5.41, 5.74) is 2.67. The second-order valence-corrected chi connectivity index (χ2v) is 7.25. The van der Waals surface area contributed by atoms with Crippen LogP contribution in [-0.4, -0.2) is 64.8 Å². The number of hydrogen-bond donors (Lipinski definition) is 0. The van der Waals surface area contributed by atoms with Crippen LogP contribution in [0.5, 0.6) is 11.5 Å². The lowest BCUT2D eigenvalue weighted by Gasteiger charge is -2.15. The van der Waals surface area contributed by atoms with Gasteiger partial charge in [-0.2, -0.15) is 0 Å². The van der Waals surface area contributed by atoms with Gasteiger partial charge >= 0.3 is 11.9 Å². The van der Waals surface area contributed by atoms with E-state index in [1.54, 1.807) is 32.9 Å².